The van der Waals surface area contributed by atoms with Crippen LogP contribution in [0.3, 0.4) is 0 Å². The van der Waals surface area contributed by atoms with Crippen LogP contribution in [-0.2, 0) is 14.3 Å². The number of hydrogen-bond donors (Lipinski definition) is 1. The van der Waals surface area contributed by atoms with Crippen LogP contribution >= 0.6 is 0 Å². The summed E-state index contributed by atoms with van der Waals surface area (Å²) in [5, 5.41) is 6.85. The van der Waals surface area contributed by atoms with Crippen LogP contribution in [0.1, 0.15) is 30.7 Å². The molecule has 39 heavy (non-hydrogen) atoms. The summed E-state index contributed by atoms with van der Waals surface area (Å²) in [6, 6.07) is 25.7. The van der Waals surface area contributed by atoms with Crippen molar-refractivity contribution >= 4 is 23.4 Å². The lowest BCUT2D eigenvalue weighted by molar-refractivity contribution is -0.144. The highest BCUT2D eigenvalue weighted by Gasteiger charge is 2.29. The second-order valence-electron chi connectivity index (χ2n) is 9.63. The normalized spacial score (nSPS) is 15.6. The SMILES string of the molecule is COC(=O)[C@@H]1CCN(c2ccc(-c3ccc(-c4onc(C)c4NC(=O)O[C@H](C)c4ccccc4)cc3)cc2)C1. The largest absolute Gasteiger partial charge is 0.469 e. The predicted octanol–water partition coefficient (Wildman–Crippen LogP) is 6.63. The summed E-state index contributed by atoms with van der Waals surface area (Å²) in [5.41, 5.74) is 5.93. The molecule has 0 unspecified atom stereocenters. The Balaban J connectivity index is 1.25. The molecule has 8 nitrogen and oxygen atoms in total. The zero-order valence-corrected chi connectivity index (χ0v) is 22.2. The van der Waals surface area contributed by atoms with Crippen molar-refractivity contribution in [3.8, 4) is 22.5 Å². The summed E-state index contributed by atoms with van der Waals surface area (Å²) >= 11 is 0. The monoisotopic (exact) mass is 525 g/mol. The molecule has 1 aromatic heterocycles. The van der Waals surface area contributed by atoms with E-state index in [1.807, 2.05) is 61.5 Å². The van der Waals surface area contributed by atoms with Gasteiger partial charge in [-0.15, -0.1) is 0 Å². The van der Waals surface area contributed by atoms with Crippen LogP contribution in [0.5, 0.6) is 0 Å². The van der Waals surface area contributed by atoms with Gasteiger partial charge < -0.3 is 18.9 Å². The zero-order chi connectivity index (χ0) is 27.4. The van der Waals surface area contributed by atoms with Gasteiger partial charge in [-0.3, -0.25) is 10.1 Å². The van der Waals surface area contributed by atoms with Crippen molar-refractivity contribution in [2.24, 2.45) is 5.92 Å². The van der Waals surface area contributed by atoms with Gasteiger partial charge in [-0.2, -0.15) is 0 Å². The molecule has 1 N–H and O–H groups in total. The fourth-order valence-corrected chi connectivity index (χ4v) is 4.83. The number of ether oxygens (including phenoxy) is 2. The van der Waals surface area contributed by atoms with E-state index in [4.69, 9.17) is 14.0 Å². The first-order valence-corrected chi connectivity index (χ1v) is 13.0. The summed E-state index contributed by atoms with van der Waals surface area (Å²) < 4.78 is 16.0. The van der Waals surface area contributed by atoms with Crippen LogP contribution < -0.4 is 10.2 Å². The van der Waals surface area contributed by atoms with Gasteiger partial charge in [0.2, 0.25) is 0 Å². The quantitative estimate of drug-likeness (QED) is 0.271. The number of aryl methyl sites for hydroxylation is 1. The Morgan fingerprint density at radius 1 is 0.974 bits per heavy atom. The van der Waals surface area contributed by atoms with Gasteiger partial charge in [0, 0.05) is 24.3 Å². The summed E-state index contributed by atoms with van der Waals surface area (Å²) in [5.74, 6) is 0.247. The first-order valence-electron chi connectivity index (χ1n) is 13.0. The summed E-state index contributed by atoms with van der Waals surface area (Å²) in [4.78, 5) is 26.7. The number of aromatic nitrogens is 1. The lowest BCUT2D eigenvalue weighted by atomic mass is 10.0. The zero-order valence-electron chi connectivity index (χ0n) is 22.2. The van der Waals surface area contributed by atoms with Crippen molar-refractivity contribution in [3.05, 3.63) is 90.1 Å². The molecule has 2 atom stereocenters. The highest BCUT2D eigenvalue weighted by molar-refractivity contribution is 5.91. The Labute approximate surface area is 227 Å². The number of methoxy groups -OCH3 is 1. The topological polar surface area (TPSA) is 93.9 Å². The van der Waals surface area contributed by atoms with E-state index < -0.39 is 12.2 Å². The molecule has 3 aromatic carbocycles. The Morgan fingerprint density at radius 3 is 2.28 bits per heavy atom. The summed E-state index contributed by atoms with van der Waals surface area (Å²) in [6.45, 7) is 5.10. The molecule has 1 aliphatic rings. The van der Waals surface area contributed by atoms with Crippen LogP contribution in [0.4, 0.5) is 16.2 Å². The van der Waals surface area contributed by atoms with Crippen LogP contribution in [0, 0.1) is 12.8 Å². The highest BCUT2D eigenvalue weighted by atomic mass is 16.6. The molecule has 0 bridgehead atoms. The average molecular weight is 526 g/mol. The van der Waals surface area contributed by atoms with Crippen LogP contribution in [0.15, 0.2) is 83.4 Å². The molecule has 1 saturated heterocycles. The molecule has 0 aliphatic carbocycles. The van der Waals surface area contributed by atoms with Crippen molar-refractivity contribution in [1.82, 2.24) is 5.16 Å². The Hall–Kier alpha value is -4.59. The Morgan fingerprint density at radius 2 is 1.62 bits per heavy atom. The number of benzene rings is 3. The number of hydrogen-bond acceptors (Lipinski definition) is 7. The number of esters is 1. The van der Waals surface area contributed by atoms with E-state index in [9.17, 15) is 9.59 Å². The van der Waals surface area contributed by atoms with E-state index in [0.29, 0.717) is 23.7 Å². The van der Waals surface area contributed by atoms with Crippen molar-refractivity contribution in [3.63, 3.8) is 0 Å². The van der Waals surface area contributed by atoms with Gasteiger partial charge in [0.15, 0.2) is 5.76 Å². The molecule has 1 aliphatic heterocycles. The molecule has 0 saturated carbocycles. The van der Waals surface area contributed by atoms with Crippen LogP contribution in [-0.4, -0.2) is 37.4 Å². The number of nitrogens with zero attached hydrogens (tertiary/aromatic N) is 2. The van der Waals surface area contributed by atoms with Crippen molar-refractivity contribution in [1.29, 1.82) is 0 Å². The number of carbonyl (C=O) groups is 2. The van der Waals surface area contributed by atoms with E-state index in [-0.39, 0.29) is 11.9 Å². The molecule has 200 valence electrons. The standard InChI is InChI=1S/C31H31N3O5/c1-20-28(32-31(36)38-21(2)22-7-5-4-6-8-22)29(39-33-20)25-11-9-23(10-12-25)24-13-15-27(16-14-24)34-18-17-26(19-34)30(35)37-3/h4-16,21,26H,17-19H2,1-3H3,(H,32,36)/t21-,26-/m1/s1. The second kappa shape index (κ2) is 11.4. The van der Waals surface area contributed by atoms with E-state index in [1.165, 1.54) is 7.11 Å². The van der Waals surface area contributed by atoms with Gasteiger partial charge in [0.1, 0.15) is 17.5 Å². The number of nitrogens with one attached hydrogen (secondary N) is 1. The maximum Gasteiger partial charge on any atom is 0.412 e. The van der Waals surface area contributed by atoms with Gasteiger partial charge in [-0.05, 0) is 49.1 Å². The lowest BCUT2D eigenvalue weighted by Gasteiger charge is -2.18. The van der Waals surface area contributed by atoms with Crippen LogP contribution in [0.25, 0.3) is 22.5 Å². The third-order valence-electron chi connectivity index (χ3n) is 7.08. The third kappa shape index (κ3) is 5.80. The second-order valence-corrected chi connectivity index (χ2v) is 9.63. The number of carbonyl (C=O) groups excluding carboxylic acids is 2. The minimum atomic E-state index is -0.577. The maximum atomic E-state index is 12.6. The lowest BCUT2D eigenvalue weighted by Crippen LogP contribution is -2.23. The van der Waals surface area contributed by atoms with Gasteiger partial charge in [0.05, 0.1) is 13.0 Å². The Bertz CT molecular complexity index is 1430. The molecule has 2 heterocycles. The molecular formula is C31H31N3O5. The Kier molecular flexibility index (Phi) is 7.63. The number of anilines is 2. The van der Waals surface area contributed by atoms with Gasteiger partial charge in [-0.1, -0.05) is 71.9 Å². The molecule has 1 amide bonds. The summed E-state index contributed by atoms with van der Waals surface area (Å²) in [7, 11) is 1.44. The number of rotatable bonds is 7. The third-order valence-corrected chi connectivity index (χ3v) is 7.08. The molecule has 0 radical (unpaired) electrons. The average Bonchev–Trinajstić information content (AvgIpc) is 3.61. The maximum absolute atomic E-state index is 12.6. The van der Waals surface area contributed by atoms with Gasteiger partial charge in [-0.25, -0.2) is 4.79 Å². The molecule has 0 spiro atoms. The smallest absolute Gasteiger partial charge is 0.412 e. The molecule has 5 rings (SSSR count). The minimum absolute atomic E-state index is 0.0737. The predicted molar refractivity (Wildman–Crippen MR) is 149 cm³/mol. The van der Waals surface area contributed by atoms with E-state index >= 15 is 0 Å². The fourth-order valence-electron chi connectivity index (χ4n) is 4.83. The van der Waals surface area contributed by atoms with Crippen molar-refractivity contribution in [2.45, 2.75) is 26.4 Å². The highest BCUT2D eigenvalue weighted by Crippen LogP contribution is 2.34. The van der Waals surface area contributed by atoms with Crippen molar-refractivity contribution < 1.29 is 23.6 Å². The molecule has 8 heteroatoms. The summed E-state index contributed by atoms with van der Waals surface area (Å²) in [6.07, 6.45) is -0.177. The van der Waals surface area contributed by atoms with Gasteiger partial charge in [0.25, 0.3) is 0 Å². The van der Waals surface area contributed by atoms with Crippen LogP contribution in [0.2, 0.25) is 0 Å². The van der Waals surface area contributed by atoms with E-state index in [0.717, 1.165) is 40.9 Å². The van der Waals surface area contributed by atoms with E-state index in [1.54, 1.807) is 6.92 Å². The van der Waals surface area contributed by atoms with Gasteiger partial charge >= 0.3 is 12.1 Å². The molecule has 1 fully saturated rings. The first-order chi connectivity index (χ1) is 18.9. The molecular weight excluding hydrogens is 494 g/mol. The molecule has 4 aromatic rings. The van der Waals surface area contributed by atoms with E-state index in [2.05, 4.69) is 39.6 Å². The minimum Gasteiger partial charge on any atom is -0.469 e. The fraction of sp³-hybridized carbons (Fsp3) is 0.258. The van der Waals surface area contributed by atoms with Crippen molar-refractivity contribution in [2.75, 3.05) is 30.4 Å². The first kappa shape index (κ1) is 26.0. The number of amides is 1.